The van der Waals surface area contributed by atoms with Crippen molar-refractivity contribution in [3.8, 4) is 5.75 Å². The highest BCUT2D eigenvalue weighted by Crippen LogP contribution is 2.26. The van der Waals surface area contributed by atoms with Gasteiger partial charge in [-0.05, 0) is 35.7 Å². The predicted molar refractivity (Wildman–Crippen MR) is 102 cm³/mol. The van der Waals surface area contributed by atoms with E-state index in [1.165, 1.54) is 5.56 Å². The van der Waals surface area contributed by atoms with E-state index >= 15 is 0 Å². The topological polar surface area (TPSA) is 38.3 Å². The Balaban J connectivity index is 1.36. The van der Waals surface area contributed by atoms with Gasteiger partial charge in [0.05, 0.1) is 6.61 Å². The molecule has 2 aromatic rings. The number of thioether (sulfide) groups is 1. The molecule has 0 saturated carbocycles. The quantitative estimate of drug-likeness (QED) is 0.760. The van der Waals surface area contributed by atoms with Crippen molar-refractivity contribution in [1.29, 1.82) is 0 Å². The van der Waals surface area contributed by atoms with Gasteiger partial charge >= 0.3 is 0 Å². The van der Waals surface area contributed by atoms with Gasteiger partial charge in [-0.2, -0.15) is 11.8 Å². The van der Waals surface area contributed by atoms with E-state index in [-0.39, 0.29) is 5.91 Å². The number of carbonyl (C=O) groups excluding carboxylic acids is 1. The van der Waals surface area contributed by atoms with Crippen LogP contribution >= 0.6 is 11.8 Å². The molecule has 0 radical (unpaired) electrons. The molecule has 0 bridgehead atoms. The highest BCUT2D eigenvalue weighted by molar-refractivity contribution is 7.99. The zero-order valence-corrected chi connectivity index (χ0v) is 14.4. The number of amides is 1. The van der Waals surface area contributed by atoms with Crippen LogP contribution in [-0.2, 0) is 11.2 Å². The summed E-state index contributed by atoms with van der Waals surface area (Å²) < 4.78 is 5.81. The van der Waals surface area contributed by atoms with Gasteiger partial charge in [0.1, 0.15) is 5.75 Å². The third-order valence-corrected chi connectivity index (χ3v) is 4.68. The van der Waals surface area contributed by atoms with Gasteiger partial charge < -0.3 is 10.1 Å². The van der Waals surface area contributed by atoms with Crippen molar-refractivity contribution in [2.75, 3.05) is 23.4 Å². The molecule has 0 aromatic heterocycles. The molecule has 3 rings (SSSR count). The number of rotatable bonds is 7. The molecule has 1 aliphatic rings. The number of benzene rings is 2. The van der Waals surface area contributed by atoms with Gasteiger partial charge in [-0.15, -0.1) is 0 Å². The summed E-state index contributed by atoms with van der Waals surface area (Å²) in [5, 5.41) is 2.88. The Morgan fingerprint density at radius 3 is 2.88 bits per heavy atom. The second-order valence-corrected chi connectivity index (χ2v) is 6.75. The second kappa shape index (κ2) is 8.60. The Hall–Kier alpha value is -2.20. The van der Waals surface area contributed by atoms with Crippen molar-refractivity contribution in [3.05, 3.63) is 65.7 Å². The maximum atomic E-state index is 11.3. The third-order valence-electron chi connectivity index (χ3n) is 3.79. The summed E-state index contributed by atoms with van der Waals surface area (Å²) in [7, 11) is 0. The van der Waals surface area contributed by atoms with Gasteiger partial charge in [-0.1, -0.05) is 42.5 Å². The first-order valence-electron chi connectivity index (χ1n) is 8.16. The SMILES string of the molecule is O=C1CCc2cc(OCCSC/C=C/c3ccccc3)ccc2N1. The average molecular weight is 339 g/mol. The van der Waals surface area contributed by atoms with Crippen LogP contribution in [0.2, 0.25) is 0 Å². The predicted octanol–water partition coefficient (Wildman–Crippen LogP) is 4.40. The van der Waals surface area contributed by atoms with E-state index in [9.17, 15) is 4.79 Å². The molecule has 1 heterocycles. The number of ether oxygens (including phenoxy) is 1. The minimum absolute atomic E-state index is 0.0936. The summed E-state index contributed by atoms with van der Waals surface area (Å²) in [5.74, 6) is 2.91. The first-order valence-corrected chi connectivity index (χ1v) is 9.32. The largest absolute Gasteiger partial charge is 0.493 e. The van der Waals surface area contributed by atoms with Crippen molar-refractivity contribution < 1.29 is 9.53 Å². The number of aryl methyl sites for hydroxylation is 1. The fourth-order valence-electron chi connectivity index (χ4n) is 2.57. The van der Waals surface area contributed by atoms with Crippen LogP contribution in [0.4, 0.5) is 5.69 Å². The van der Waals surface area contributed by atoms with Crippen molar-refractivity contribution in [3.63, 3.8) is 0 Å². The van der Waals surface area contributed by atoms with Gasteiger partial charge in [0.25, 0.3) is 0 Å². The summed E-state index contributed by atoms with van der Waals surface area (Å²) >= 11 is 1.85. The second-order valence-electron chi connectivity index (χ2n) is 5.60. The van der Waals surface area contributed by atoms with Gasteiger partial charge in [0.2, 0.25) is 5.91 Å². The summed E-state index contributed by atoms with van der Waals surface area (Å²) in [6.07, 6.45) is 5.67. The number of hydrogen-bond acceptors (Lipinski definition) is 3. The lowest BCUT2D eigenvalue weighted by molar-refractivity contribution is -0.116. The van der Waals surface area contributed by atoms with E-state index < -0.39 is 0 Å². The molecular formula is C20H21NO2S. The van der Waals surface area contributed by atoms with Crippen molar-refractivity contribution in [2.24, 2.45) is 0 Å². The normalized spacial score (nSPS) is 13.6. The number of carbonyl (C=O) groups is 1. The number of fused-ring (bicyclic) bond motifs is 1. The molecule has 0 aliphatic carbocycles. The molecule has 2 aromatic carbocycles. The Morgan fingerprint density at radius 1 is 1.12 bits per heavy atom. The van der Waals surface area contributed by atoms with Crippen LogP contribution in [0.15, 0.2) is 54.6 Å². The summed E-state index contributed by atoms with van der Waals surface area (Å²) in [6.45, 7) is 0.689. The van der Waals surface area contributed by atoms with Crippen LogP contribution in [0.5, 0.6) is 5.75 Å². The molecule has 1 N–H and O–H groups in total. The number of hydrogen-bond donors (Lipinski definition) is 1. The summed E-state index contributed by atoms with van der Waals surface area (Å²) in [4.78, 5) is 11.3. The summed E-state index contributed by atoms with van der Waals surface area (Å²) in [6, 6.07) is 16.2. The lowest BCUT2D eigenvalue weighted by Gasteiger charge is -2.17. The Bertz CT molecular complexity index is 713. The molecule has 124 valence electrons. The molecule has 0 atom stereocenters. The fourth-order valence-corrected chi connectivity index (χ4v) is 3.17. The number of anilines is 1. The summed E-state index contributed by atoms with van der Waals surface area (Å²) in [5.41, 5.74) is 3.31. The van der Waals surface area contributed by atoms with Crippen molar-refractivity contribution >= 4 is 29.4 Å². The van der Waals surface area contributed by atoms with E-state index in [0.29, 0.717) is 13.0 Å². The molecule has 0 unspecified atom stereocenters. The van der Waals surface area contributed by atoms with Gasteiger partial charge in [-0.3, -0.25) is 4.79 Å². The molecule has 0 saturated heterocycles. The molecule has 0 spiro atoms. The molecule has 3 nitrogen and oxygen atoms in total. The highest BCUT2D eigenvalue weighted by Gasteiger charge is 2.14. The standard InChI is InChI=1S/C20H21NO2S/c22-20-11-8-17-15-18(9-10-19(17)21-20)23-12-14-24-13-4-7-16-5-2-1-3-6-16/h1-7,9-10,15H,8,11-14H2,(H,21,22)/b7-4+. The zero-order valence-electron chi connectivity index (χ0n) is 13.5. The monoisotopic (exact) mass is 339 g/mol. The Morgan fingerprint density at radius 2 is 2.00 bits per heavy atom. The van der Waals surface area contributed by atoms with Crippen molar-refractivity contribution in [1.82, 2.24) is 0 Å². The lowest BCUT2D eigenvalue weighted by Crippen LogP contribution is -2.18. The average Bonchev–Trinajstić information content (AvgIpc) is 2.62. The molecule has 1 amide bonds. The first-order chi connectivity index (χ1) is 11.8. The van der Waals surface area contributed by atoms with Gasteiger partial charge in [0, 0.05) is 23.6 Å². The van der Waals surface area contributed by atoms with Crippen molar-refractivity contribution in [2.45, 2.75) is 12.8 Å². The van der Waals surface area contributed by atoms with Gasteiger partial charge in [-0.25, -0.2) is 0 Å². The van der Waals surface area contributed by atoms with E-state index in [4.69, 9.17) is 4.74 Å². The molecular weight excluding hydrogens is 318 g/mol. The Kier molecular flexibility index (Phi) is 5.96. The van der Waals surface area contributed by atoms with Gasteiger partial charge in [0.15, 0.2) is 0 Å². The zero-order chi connectivity index (χ0) is 16.6. The van der Waals surface area contributed by atoms with Crippen LogP contribution in [0.25, 0.3) is 6.08 Å². The Labute approximate surface area is 147 Å². The minimum Gasteiger partial charge on any atom is -0.493 e. The van der Waals surface area contributed by atoms with Crippen LogP contribution in [0.3, 0.4) is 0 Å². The fraction of sp³-hybridized carbons (Fsp3) is 0.250. The van der Waals surface area contributed by atoms with E-state index in [1.807, 2.05) is 48.2 Å². The highest BCUT2D eigenvalue weighted by atomic mass is 32.2. The van der Waals surface area contributed by atoms with Crippen LogP contribution in [-0.4, -0.2) is 24.0 Å². The number of nitrogens with one attached hydrogen (secondary N) is 1. The van der Waals surface area contributed by atoms with Crippen LogP contribution < -0.4 is 10.1 Å². The maximum absolute atomic E-state index is 11.3. The van der Waals surface area contributed by atoms with Crippen LogP contribution in [0, 0.1) is 0 Å². The third kappa shape index (κ3) is 4.90. The van der Waals surface area contributed by atoms with E-state index in [1.54, 1.807) is 0 Å². The molecule has 0 fully saturated rings. The van der Waals surface area contributed by atoms with E-state index in [2.05, 4.69) is 29.6 Å². The van der Waals surface area contributed by atoms with Crippen LogP contribution in [0.1, 0.15) is 17.5 Å². The molecule has 24 heavy (non-hydrogen) atoms. The molecule has 4 heteroatoms. The first kappa shape index (κ1) is 16.7. The lowest BCUT2D eigenvalue weighted by atomic mass is 10.0. The maximum Gasteiger partial charge on any atom is 0.224 e. The van der Waals surface area contributed by atoms with E-state index in [0.717, 1.165) is 34.9 Å². The molecule has 1 aliphatic heterocycles. The smallest absolute Gasteiger partial charge is 0.224 e. The minimum atomic E-state index is 0.0936.